The Bertz CT molecular complexity index is 1180. The number of H-pyrrole nitrogens is 1. The molecule has 6 heterocycles. The van der Waals surface area contributed by atoms with Crippen LogP contribution < -0.4 is 10.4 Å². The molecule has 11 heteroatoms. The third kappa shape index (κ3) is 3.15. The molecule has 3 aliphatic rings. The quantitative estimate of drug-likeness (QED) is 0.643. The van der Waals surface area contributed by atoms with E-state index < -0.39 is 0 Å². The van der Waals surface area contributed by atoms with E-state index in [1.165, 1.54) is 0 Å². The summed E-state index contributed by atoms with van der Waals surface area (Å²) >= 11 is 0. The topological polar surface area (TPSA) is 111 Å². The van der Waals surface area contributed by atoms with Crippen LogP contribution in [0.15, 0.2) is 61.3 Å². The highest BCUT2D eigenvalue weighted by atomic mass is 16.5. The van der Waals surface area contributed by atoms with Crippen molar-refractivity contribution in [1.29, 1.82) is 0 Å². The zero-order valence-electron chi connectivity index (χ0n) is 16.6. The summed E-state index contributed by atoms with van der Waals surface area (Å²) in [6.45, 7) is 2.33. The van der Waals surface area contributed by atoms with Gasteiger partial charge in [0.2, 0.25) is 0 Å². The maximum absolute atomic E-state index is 5.99. The van der Waals surface area contributed by atoms with Gasteiger partial charge in [0.15, 0.2) is 23.4 Å². The molecule has 0 spiro atoms. The van der Waals surface area contributed by atoms with Crippen LogP contribution >= 0.6 is 0 Å². The van der Waals surface area contributed by atoms with Gasteiger partial charge in [-0.3, -0.25) is 4.98 Å². The number of allylic oxidation sites excluding steroid dienone is 2. The van der Waals surface area contributed by atoms with Crippen LogP contribution in [-0.4, -0.2) is 65.9 Å². The van der Waals surface area contributed by atoms with Gasteiger partial charge in [-0.05, 0) is 18.6 Å². The molecule has 0 amide bonds. The Morgan fingerprint density at radius 1 is 1.10 bits per heavy atom. The lowest BCUT2D eigenvalue weighted by Crippen LogP contribution is -2.54. The average Bonchev–Trinajstić information content (AvgIpc) is 3.59. The Morgan fingerprint density at radius 3 is 2.90 bits per heavy atom. The molecule has 0 aromatic carbocycles. The number of hydrazine groups is 3. The number of aromatic nitrogens is 6. The van der Waals surface area contributed by atoms with E-state index in [2.05, 4.69) is 40.6 Å². The molecule has 1 saturated heterocycles. The van der Waals surface area contributed by atoms with Gasteiger partial charge in [-0.25, -0.2) is 30.4 Å². The fourth-order valence-corrected chi connectivity index (χ4v) is 3.99. The minimum Gasteiger partial charge on any atom is -0.488 e. The Kier molecular flexibility index (Phi) is 4.41. The molecule has 1 unspecified atom stereocenters. The molecule has 156 valence electrons. The van der Waals surface area contributed by atoms with Crippen molar-refractivity contribution in [1.82, 2.24) is 45.6 Å². The number of ether oxygens (including phenoxy) is 1. The van der Waals surface area contributed by atoms with Crippen LogP contribution in [0, 0.1) is 0 Å². The highest BCUT2D eigenvalue weighted by Gasteiger charge is 2.41. The van der Waals surface area contributed by atoms with Gasteiger partial charge >= 0.3 is 0 Å². The third-order valence-electron chi connectivity index (χ3n) is 5.37. The highest BCUT2D eigenvalue weighted by molar-refractivity contribution is 5.77. The lowest BCUT2D eigenvalue weighted by molar-refractivity contribution is -0.0330. The number of nitrogens with one attached hydrogen (secondary N) is 2. The molecule has 3 aromatic heterocycles. The van der Waals surface area contributed by atoms with Crippen LogP contribution in [-0.2, 0) is 4.74 Å². The Morgan fingerprint density at radius 2 is 2.10 bits per heavy atom. The van der Waals surface area contributed by atoms with Crippen molar-refractivity contribution < 1.29 is 4.74 Å². The lowest BCUT2D eigenvalue weighted by Gasteiger charge is -2.37. The first-order valence-corrected chi connectivity index (χ1v) is 10.1. The van der Waals surface area contributed by atoms with Gasteiger partial charge in [-0.2, -0.15) is 5.12 Å². The van der Waals surface area contributed by atoms with E-state index in [4.69, 9.17) is 9.72 Å². The molecule has 0 saturated carbocycles. The highest BCUT2D eigenvalue weighted by Crippen LogP contribution is 2.37. The molecule has 0 radical (unpaired) electrons. The van der Waals surface area contributed by atoms with Gasteiger partial charge in [0.1, 0.15) is 5.52 Å². The van der Waals surface area contributed by atoms with Gasteiger partial charge in [0, 0.05) is 31.1 Å². The first-order chi connectivity index (χ1) is 15.4. The summed E-state index contributed by atoms with van der Waals surface area (Å²) in [6, 6.07) is 0. The summed E-state index contributed by atoms with van der Waals surface area (Å²) in [5.41, 5.74) is 6.68. The number of imidazole rings is 1. The number of rotatable bonds is 4. The summed E-state index contributed by atoms with van der Waals surface area (Å²) in [5, 5.41) is 6.24. The number of aromatic amines is 1. The monoisotopic (exact) mass is 416 g/mol. The van der Waals surface area contributed by atoms with Gasteiger partial charge in [-0.15, -0.1) is 5.12 Å². The van der Waals surface area contributed by atoms with E-state index in [1.807, 2.05) is 23.2 Å². The van der Waals surface area contributed by atoms with Crippen LogP contribution in [0.5, 0.6) is 0 Å². The van der Waals surface area contributed by atoms with Gasteiger partial charge < -0.3 is 9.72 Å². The SMILES string of the molecule is C1=COC(C2=C(c3ncc4[nH]cnc4n3)CN(N3CCCN3)N2c2cnccn2)C=C1. The van der Waals surface area contributed by atoms with E-state index in [0.29, 0.717) is 23.8 Å². The molecule has 1 atom stereocenters. The second-order valence-corrected chi connectivity index (χ2v) is 7.26. The summed E-state index contributed by atoms with van der Waals surface area (Å²) in [6.07, 6.45) is 16.7. The van der Waals surface area contributed by atoms with E-state index in [0.717, 1.165) is 36.3 Å². The van der Waals surface area contributed by atoms with Crippen molar-refractivity contribution in [2.24, 2.45) is 0 Å². The number of hydrogen-bond donors (Lipinski definition) is 2. The predicted molar refractivity (Wildman–Crippen MR) is 112 cm³/mol. The number of fused-ring (bicyclic) bond motifs is 1. The smallest absolute Gasteiger partial charge is 0.181 e. The summed E-state index contributed by atoms with van der Waals surface area (Å²) < 4.78 is 5.99. The standard InChI is InChI=1S/C20H20N10O/c1-2-9-31-16(4-1)18-14(19-23-10-15-20(27-19)25-13-24-15)12-29(28-8-3-5-26-28)30(18)17-11-21-6-7-22-17/h1-2,4,6-7,9-11,13,16,26H,3,5,8,12H2,(H,23,24,25,27). The molecular formula is C20H20N10O. The molecule has 0 aliphatic carbocycles. The molecule has 2 N–H and O–H groups in total. The summed E-state index contributed by atoms with van der Waals surface area (Å²) in [7, 11) is 0. The number of nitrogens with zero attached hydrogens (tertiary/aromatic N) is 8. The zero-order valence-corrected chi connectivity index (χ0v) is 16.6. The fourth-order valence-electron chi connectivity index (χ4n) is 3.99. The van der Waals surface area contributed by atoms with Crippen LogP contribution in [0.1, 0.15) is 12.2 Å². The van der Waals surface area contributed by atoms with Crippen molar-refractivity contribution in [3.05, 3.63) is 67.1 Å². The molecule has 11 nitrogen and oxygen atoms in total. The van der Waals surface area contributed by atoms with Crippen molar-refractivity contribution in [2.45, 2.75) is 12.5 Å². The van der Waals surface area contributed by atoms with Crippen LogP contribution in [0.3, 0.4) is 0 Å². The fraction of sp³-hybridized carbons (Fsp3) is 0.250. The first kappa shape index (κ1) is 18.1. The Hall–Kier alpha value is -3.67. The summed E-state index contributed by atoms with van der Waals surface area (Å²) in [4.78, 5) is 25.6. The van der Waals surface area contributed by atoms with Crippen LogP contribution in [0.4, 0.5) is 5.82 Å². The van der Waals surface area contributed by atoms with E-state index in [-0.39, 0.29) is 6.10 Å². The minimum absolute atomic E-state index is 0.326. The lowest BCUT2D eigenvalue weighted by atomic mass is 10.1. The van der Waals surface area contributed by atoms with Crippen LogP contribution in [0.2, 0.25) is 0 Å². The van der Waals surface area contributed by atoms with Gasteiger partial charge in [0.05, 0.1) is 37.2 Å². The van der Waals surface area contributed by atoms with Crippen molar-refractivity contribution in [3.63, 3.8) is 0 Å². The number of anilines is 1. The van der Waals surface area contributed by atoms with Crippen LogP contribution in [0.25, 0.3) is 16.7 Å². The predicted octanol–water partition coefficient (Wildman–Crippen LogP) is 1.19. The van der Waals surface area contributed by atoms with Crippen molar-refractivity contribution in [3.8, 4) is 0 Å². The molecule has 1 fully saturated rings. The second kappa shape index (κ2) is 7.54. The molecule has 31 heavy (non-hydrogen) atoms. The largest absolute Gasteiger partial charge is 0.488 e. The van der Waals surface area contributed by atoms with Crippen molar-refractivity contribution in [2.75, 3.05) is 24.6 Å². The summed E-state index contributed by atoms with van der Waals surface area (Å²) in [5.74, 6) is 1.30. The number of hydrogen-bond acceptors (Lipinski definition) is 10. The maximum atomic E-state index is 5.99. The van der Waals surface area contributed by atoms with Gasteiger partial charge in [0.25, 0.3) is 0 Å². The van der Waals surface area contributed by atoms with Crippen molar-refractivity contribution >= 4 is 22.6 Å². The minimum atomic E-state index is -0.326. The molecule has 6 rings (SSSR count). The normalized spacial score (nSPS) is 22.1. The molecule has 0 bridgehead atoms. The Balaban J connectivity index is 1.52. The molecule has 3 aromatic rings. The first-order valence-electron chi connectivity index (χ1n) is 10.1. The molecular weight excluding hydrogens is 396 g/mol. The van der Waals surface area contributed by atoms with Gasteiger partial charge in [-0.1, -0.05) is 6.08 Å². The van der Waals surface area contributed by atoms with E-state index in [9.17, 15) is 0 Å². The zero-order chi connectivity index (χ0) is 20.6. The Labute approximate surface area is 177 Å². The third-order valence-corrected chi connectivity index (χ3v) is 5.37. The van der Waals surface area contributed by atoms with E-state index >= 15 is 0 Å². The second-order valence-electron chi connectivity index (χ2n) is 7.26. The average molecular weight is 416 g/mol. The maximum Gasteiger partial charge on any atom is 0.181 e. The molecule has 3 aliphatic heterocycles. The van der Waals surface area contributed by atoms with E-state index in [1.54, 1.807) is 37.4 Å².